The maximum absolute atomic E-state index is 13.2. The summed E-state index contributed by atoms with van der Waals surface area (Å²) < 4.78 is 64.6. The average Bonchev–Trinajstić information content (AvgIpc) is 3.84. The molecule has 21 nitrogen and oxygen atoms in total. The number of hydrogen-bond acceptors (Lipinski definition) is 17. The molecule has 4 fully saturated rings. The van der Waals surface area contributed by atoms with Crippen molar-refractivity contribution in [3.8, 4) is 57.3 Å². The lowest BCUT2D eigenvalue weighted by molar-refractivity contribution is -0.134. The van der Waals surface area contributed by atoms with E-state index >= 15 is 0 Å². The van der Waals surface area contributed by atoms with Gasteiger partial charge < -0.3 is 48.9 Å². The average molecular weight is 1050 g/mol. The van der Waals surface area contributed by atoms with Crippen LogP contribution >= 0.6 is 0 Å². The largest absolute Gasteiger partial charge is 0.486 e. The third-order valence-corrected chi connectivity index (χ3v) is 15.1. The SMILES string of the molecule is CN1CCC2(CC1)NC(=O)NC2=O.COc1cccc(-c2cccc3c2OC(CN2C(=O)NC4(CCN(C)CC4)C2=O)CO3)n1.COc1cccc(-c2cccc3c2OC(COS(=O)(=O)c2ccc(C)cc2)CO3)n1. The lowest BCUT2D eigenvalue weighted by Gasteiger charge is -2.35. The first-order valence-electron chi connectivity index (χ1n) is 24.6. The molecule has 3 aromatic carbocycles. The Labute approximate surface area is 434 Å². The number of benzene rings is 3. The van der Waals surface area contributed by atoms with Gasteiger partial charge in [0.25, 0.3) is 21.9 Å². The van der Waals surface area contributed by atoms with Crippen LogP contribution in [0.2, 0.25) is 0 Å². The van der Waals surface area contributed by atoms with Crippen molar-refractivity contribution in [3.63, 3.8) is 0 Å². The molecule has 4 saturated heterocycles. The molecule has 2 spiro atoms. The number of rotatable bonds is 10. The summed E-state index contributed by atoms with van der Waals surface area (Å²) in [6.45, 7) is 5.51. The van der Waals surface area contributed by atoms with E-state index in [1.165, 1.54) is 17.0 Å². The Morgan fingerprint density at radius 2 is 1.16 bits per heavy atom. The number of fused-ring (bicyclic) bond motifs is 2. The third-order valence-electron chi connectivity index (χ3n) is 13.8. The summed E-state index contributed by atoms with van der Waals surface area (Å²) in [5.41, 5.74) is 2.38. The predicted molar refractivity (Wildman–Crippen MR) is 272 cm³/mol. The Bertz CT molecular complexity index is 3040. The van der Waals surface area contributed by atoms with Crippen LogP contribution in [-0.2, 0) is 23.9 Å². The Hall–Kier alpha value is -7.53. The number of amides is 6. The van der Waals surface area contributed by atoms with Crippen LogP contribution in [0.3, 0.4) is 0 Å². The van der Waals surface area contributed by atoms with Crippen LogP contribution in [0.5, 0.6) is 34.8 Å². The number of aryl methyl sites for hydroxylation is 1. The van der Waals surface area contributed by atoms with E-state index in [1.807, 2.05) is 75.6 Å². The van der Waals surface area contributed by atoms with Crippen molar-refractivity contribution >= 4 is 34.0 Å². The maximum atomic E-state index is 13.2. The zero-order valence-corrected chi connectivity index (χ0v) is 43.1. The fourth-order valence-corrected chi connectivity index (χ4v) is 10.3. The first kappa shape index (κ1) is 52.3. The highest BCUT2D eigenvalue weighted by molar-refractivity contribution is 7.86. The minimum absolute atomic E-state index is 0.103. The number of carbonyl (C=O) groups is 4. The van der Waals surface area contributed by atoms with Gasteiger partial charge in [-0.3, -0.25) is 24.0 Å². The Morgan fingerprint density at radius 3 is 1.68 bits per heavy atom. The van der Waals surface area contributed by atoms with Crippen molar-refractivity contribution in [2.75, 3.05) is 80.9 Å². The van der Waals surface area contributed by atoms with Gasteiger partial charge >= 0.3 is 12.1 Å². The minimum atomic E-state index is -3.89. The highest BCUT2D eigenvalue weighted by Gasteiger charge is 2.53. The number of nitrogens with zero attached hydrogens (tertiary/aromatic N) is 5. The molecule has 0 radical (unpaired) electrons. The molecular weight excluding hydrogens is 989 g/mol. The van der Waals surface area contributed by atoms with Gasteiger partial charge in [0.1, 0.15) is 30.9 Å². The maximum Gasteiger partial charge on any atom is 0.325 e. The number of likely N-dealkylation sites (tertiary alicyclic amines) is 2. The molecule has 6 amide bonds. The molecule has 6 aliphatic heterocycles. The number of piperidine rings is 2. The van der Waals surface area contributed by atoms with Gasteiger partial charge in [0.15, 0.2) is 35.2 Å². The second kappa shape index (κ2) is 22.1. The molecule has 2 aromatic heterocycles. The van der Waals surface area contributed by atoms with Crippen molar-refractivity contribution in [2.45, 2.75) is 60.8 Å². The van der Waals surface area contributed by atoms with Gasteiger partial charge in [-0.25, -0.2) is 19.6 Å². The molecule has 8 heterocycles. The van der Waals surface area contributed by atoms with Gasteiger partial charge in [0, 0.05) is 49.4 Å². The number of pyridine rings is 2. The lowest BCUT2D eigenvalue weighted by atomic mass is 9.87. The molecule has 11 rings (SSSR count). The normalized spacial score (nSPS) is 20.5. The molecule has 6 aliphatic rings. The lowest BCUT2D eigenvalue weighted by Crippen LogP contribution is -2.54. The van der Waals surface area contributed by atoms with Crippen LogP contribution in [0.4, 0.5) is 9.59 Å². The molecule has 0 saturated carbocycles. The van der Waals surface area contributed by atoms with Gasteiger partial charge in [0.2, 0.25) is 11.8 Å². The molecular formula is C53H60N8O13S. The summed E-state index contributed by atoms with van der Waals surface area (Å²) in [5, 5.41) is 7.94. The number of methoxy groups -OCH3 is 2. The molecule has 2 atom stereocenters. The van der Waals surface area contributed by atoms with Crippen LogP contribution in [0, 0.1) is 6.92 Å². The second-order valence-electron chi connectivity index (χ2n) is 19.1. The number of nitrogens with one attached hydrogen (secondary N) is 3. The zero-order valence-electron chi connectivity index (χ0n) is 42.3. The number of ether oxygens (including phenoxy) is 6. The van der Waals surface area contributed by atoms with E-state index in [0.717, 1.165) is 42.9 Å². The van der Waals surface area contributed by atoms with Crippen LogP contribution in [0.15, 0.2) is 102 Å². The first-order chi connectivity index (χ1) is 36.1. The van der Waals surface area contributed by atoms with Crippen molar-refractivity contribution in [1.82, 2.24) is 40.6 Å². The molecule has 0 bridgehead atoms. The smallest absolute Gasteiger partial charge is 0.325 e. The summed E-state index contributed by atoms with van der Waals surface area (Å²) >= 11 is 0. The highest BCUT2D eigenvalue weighted by atomic mass is 32.2. The summed E-state index contributed by atoms with van der Waals surface area (Å²) in [6.07, 6.45) is 1.57. The number of aromatic nitrogens is 2. The third kappa shape index (κ3) is 11.6. The van der Waals surface area contributed by atoms with E-state index in [1.54, 1.807) is 44.6 Å². The van der Waals surface area contributed by atoms with Crippen molar-refractivity contribution in [2.24, 2.45) is 0 Å². The van der Waals surface area contributed by atoms with Crippen molar-refractivity contribution < 1.29 is 60.2 Å². The predicted octanol–water partition coefficient (Wildman–Crippen LogP) is 4.81. The molecule has 3 N–H and O–H groups in total. The number of urea groups is 2. The van der Waals surface area contributed by atoms with E-state index < -0.39 is 33.4 Å². The van der Waals surface area contributed by atoms with Crippen molar-refractivity contribution in [1.29, 1.82) is 0 Å². The van der Waals surface area contributed by atoms with E-state index in [2.05, 4.69) is 35.7 Å². The quantitative estimate of drug-likeness (QED) is 0.126. The number of para-hydroxylation sites is 2. The molecule has 396 valence electrons. The standard InChI is InChI=1S/C23H26N4O5.C22H21NO6S.C8H13N3O2/c1-26-11-9-23(10-12-26)21(28)27(22(29)25-23)13-15-14-31-18-7-3-5-16(20(18)32-15)17-6-4-8-19(24-17)30-2;1-15-9-11-17(12-10-15)30(24,25)28-14-16-13-27-20-7-3-5-18(22(20)29-16)19-6-4-8-21(23-19)26-2;1-11-4-2-8(3-5-11)6(12)9-7(13)10-8/h3-8,15H,9-14H2,1-2H3,(H,25,29);3-12,16H,13-14H2,1-2H3;2-5H2,1H3,(H2,9,10,12,13). The van der Waals surface area contributed by atoms with Crippen LogP contribution in [0.1, 0.15) is 31.2 Å². The summed E-state index contributed by atoms with van der Waals surface area (Å²) in [6, 6.07) is 27.8. The van der Waals surface area contributed by atoms with Crippen molar-refractivity contribution in [3.05, 3.63) is 103 Å². The van der Waals surface area contributed by atoms with E-state index in [-0.39, 0.29) is 55.1 Å². The zero-order chi connectivity index (χ0) is 52.9. The molecule has 0 aliphatic carbocycles. The van der Waals surface area contributed by atoms with Gasteiger partial charge in [0.05, 0.1) is 37.0 Å². The highest BCUT2D eigenvalue weighted by Crippen LogP contribution is 2.43. The fraction of sp³-hybridized carbons (Fsp3) is 0.396. The molecule has 5 aromatic rings. The Balaban J connectivity index is 0.000000149. The van der Waals surface area contributed by atoms with Gasteiger partial charge in [-0.2, -0.15) is 8.42 Å². The van der Waals surface area contributed by atoms with Gasteiger partial charge in [-0.05, 0) is 95.2 Å². The molecule has 22 heteroatoms. The minimum Gasteiger partial charge on any atom is -0.486 e. The molecule has 75 heavy (non-hydrogen) atoms. The van der Waals surface area contributed by atoms with Gasteiger partial charge in [-0.1, -0.05) is 42.0 Å². The Kier molecular flexibility index (Phi) is 15.4. The number of imide groups is 2. The van der Waals surface area contributed by atoms with Crippen LogP contribution in [-0.4, -0.2) is 161 Å². The monoisotopic (exact) mass is 1050 g/mol. The van der Waals surface area contributed by atoms with Crippen LogP contribution in [0.25, 0.3) is 22.5 Å². The number of hydrogen-bond donors (Lipinski definition) is 3. The summed E-state index contributed by atoms with van der Waals surface area (Å²) in [4.78, 5) is 62.9. The summed E-state index contributed by atoms with van der Waals surface area (Å²) in [7, 11) is 3.26. The topological polar surface area (TPSA) is 239 Å². The summed E-state index contributed by atoms with van der Waals surface area (Å²) in [5.74, 6) is 2.85. The van der Waals surface area contributed by atoms with E-state index in [9.17, 15) is 27.6 Å². The van der Waals surface area contributed by atoms with Gasteiger partial charge in [-0.15, -0.1) is 0 Å². The Morgan fingerprint density at radius 1 is 0.653 bits per heavy atom. The van der Waals surface area contributed by atoms with E-state index in [0.29, 0.717) is 71.8 Å². The number of carbonyl (C=O) groups excluding carboxylic acids is 4. The first-order valence-corrected chi connectivity index (χ1v) is 26.0. The van der Waals surface area contributed by atoms with Crippen LogP contribution < -0.4 is 44.4 Å². The fourth-order valence-electron chi connectivity index (χ4n) is 9.41. The second-order valence-corrected chi connectivity index (χ2v) is 20.7. The van der Waals surface area contributed by atoms with E-state index in [4.69, 9.17) is 32.6 Å². The molecule has 2 unspecified atom stereocenters.